The number of ether oxygens (including phenoxy) is 2. The fourth-order valence-corrected chi connectivity index (χ4v) is 10.5. The summed E-state index contributed by atoms with van der Waals surface area (Å²) in [6, 6.07) is 22.1. The maximum Gasteiger partial charge on any atom is 0.261 e. The van der Waals surface area contributed by atoms with Gasteiger partial charge in [-0.25, -0.2) is 0 Å². The first kappa shape index (κ1) is 25.6. The lowest BCUT2D eigenvalue weighted by atomic mass is 9.81. The van der Waals surface area contributed by atoms with E-state index in [-0.39, 0.29) is 11.3 Å². The van der Waals surface area contributed by atoms with Crippen LogP contribution < -0.4 is 10.4 Å². The molecule has 1 saturated carbocycles. The van der Waals surface area contributed by atoms with Gasteiger partial charge < -0.3 is 13.9 Å². The molecular formula is C30H44O3Si. The Morgan fingerprint density at radius 2 is 1.38 bits per heavy atom. The number of hydrogen-bond donors (Lipinski definition) is 0. The zero-order valence-corrected chi connectivity index (χ0v) is 22.5. The van der Waals surface area contributed by atoms with Crippen molar-refractivity contribution in [2.45, 2.75) is 83.5 Å². The van der Waals surface area contributed by atoms with Crippen LogP contribution in [0.4, 0.5) is 0 Å². The van der Waals surface area contributed by atoms with E-state index < -0.39 is 8.32 Å². The molecule has 0 radical (unpaired) electrons. The van der Waals surface area contributed by atoms with Crippen LogP contribution in [-0.2, 0) is 13.9 Å². The summed E-state index contributed by atoms with van der Waals surface area (Å²) in [5, 5.41) is 2.81. The highest BCUT2D eigenvalue weighted by Crippen LogP contribution is 2.38. The maximum absolute atomic E-state index is 7.20. The van der Waals surface area contributed by atoms with Crippen LogP contribution in [0.5, 0.6) is 0 Å². The van der Waals surface area contributed by atoms with Crippen molar-refractivity contribution >= 4 is 18.7 Å². The second-order valence-corrected chi connectivity index (χ2v) is 15.6. The molecule has 4 rings (SSSR count). The second kappa shape index (κ2) is 12.0. The van der Waals surface area contributed by atoms with Crippen LogP contribution >= 0.6 is 0 Å². The quantitative estimate of drug-likeness (QED) is 0.394. The summed E-state index contributed by atoms with van der Waals surface area (Å²) >= 11 is 0. The third-order valence-electron chi connectivity index (χ3n) is 7.89. The summed E-state index contributed by atoms with van der Waals surface area (Å²) < 4.78 is 18.9. The van der Waals surface area contributed by atoms with Gasteiger partial charge in [0.05, 0.1) is 0 Å². The SMILES string of the molecule is CC(C)(C)[Si](OCC1CCC(CCOC2CCCCO2)CC1)(c1ccccc1)c1ccccc1. The van der Waals surface area contributed by atoms with E-state index in [0.717, 1.165) is 32.2 Å². The smallest absolute Gasteiger partial charge is 0.261 e. The van der Waals surface area contributed by atoms with Gasteiger partial charge in [-0.15, -0.1) is 0 Å². The molecule has 0 spiro atoms. The molecule has 2 aliphatic rings. The average Bonchev–Trinajstić information content (AvgIpc) is 2.86. The topological polar surface area (TPSA) is 27.7 Å². The summed E-state index contributed by atoms with van der Waals surface area (Å²) in [6.07, 6.45) is 9.82. The molecule has 0 amide bonds. The van der Waals surface area contributed by atoms with Crippen molar-refractivity contribution in [3.8, 4) is 0 Å². The summed E-state index contributed by atoms with van der Waals surface area (Å²) in [5.74, 6) is 1.44. The van der Waals surface area contributed by atoms with E-state index in [0.29, 0.717) is 5.92 Å². The zero-order chi connectivity index (χ0) is 23.9. The molecule has 1 saturated heterocycles. The maximum atomic E-state index is 7.20. The molecule has 4 heteroatoms. The summed E-state index contributed by atoms with van der Waals surface area (Å²) in [6.45, 7) is 9.68. The van der Waals surface area contributed by atoms with Gasteiger partial charge in [0.1, 0.15) is 0 Å². The van der Waals surface area contributed by atoms with Gasteiger partial charge in [-0.3, -0.25) is 0 Å². The van der Waals surface area contributed by atoms with Gasteiger partial charge in [-0.2, -0.15) is 0 Å². The molecule has 1 heterocycles. The van der Waals surface area contributed by atoms with Gasteiger partial charge in [0.25, 0.3) is 8.32 Å². The van der Waals surface area contributed by atoms with Gasteiger partial charge in [-0.1, -0.05) is 94.3 Å². The van der Waals surface area contributed by atoms with Crippen molar-refractivity contribution in [3.63, 3.8) is 0 Å². The zero-order valence-electron chi connectivity index (χ0n) is 21.5. The minimum atomic E-state index is -2.42. The Bertz CT molecular complexity index is 795. The minimum Gasteiger partial charge on any atom is -0.407 e. The molecule has 2 aromatic carbocycles. The van der Waals surface area contributed by atoms with Crippen LogP contribution in [0.3, 0.4) is 0 Å². The molecular weight excluding hydrogens is 436 g/mol. The van der Waals surface area contributed by atoms with E-state index >= 15 is 0 Å². The second-order valence-electron chi connectivity index (χ2n) is 11.3. The van der Waals surface area contributed by atoms with Crippen molar-refractivity contribution < 1.29 is 13.9 Å². The number of hydrogen-bond acceptors (Lipinski definition) is 3. The molecule has 3 nitrogen and oxygen atoms in total. The minimum absolute atomic E-state index is 0.0462. The molecule has 1 aliphatic carbocycles. The van der Waals surface area contributed by atoms with E-state index in [4.69, 9.17) is 13.9 Å². The highest BCUT2D eigenvalue weighted by molar-refractivity contribution is 6.99. The normalized spacial score (nSPS) is 24.1. The van der Waals surface area contributed by atoms with Gasteiger partial charge in [-0.05, 0) is 65.8 Å². The molecule has 1 aliphatic heterocycles. The molecule has 1 unspecified atom stereocenters. The Kier molecular flexibility index (Phi) is 9.03. The third-order valence-corrected chi connectivity index (χ3v) is 12.9. The molecule has 2 aromatic rings. The summed E-state index contributed by atoms with van der Waals surface area (Å²) in [5.41, 5.74) is 0. The molecule has 34 heavy (non-hydrogen) atoms. The lowest BCUT2D eigenvalue weighted by Gasteiger charge is -2.44. The third kappa shape index (κ3) is 6.20. The predicted octanol–water partition coefficient (Wildman–Crippen LogP) is 6.30. The van der Waals surface area contributed by atoms with Gasteiger partial charge in [0.2, 0.25) is 0 Å². The van der Waals surface area contributed by atoms with Crippen LogP contribution in [0.15, 0.2) is 60.7 Å². The molecule has 2 fully saturated rings. The van der Waals surface area contributed by atoms with E-state index in [1.165, 1.54) is 55.3 Å². The van der Waals surface area contributed by atoms with Crippen molar-refractivity contribution in [2.24, 2.45) is 11.8 Å². The first-order valence-electron chi connectivity index (χ1n) is 13.5. The van der Waals surface area contributed by atoms with Crippen LogP contribution in [0.2, 0.25) is 5.04 Å². The highest BCUT2D eigenvalue weighted by Gasteiger charge is 2.50. The molecule has 186 valence electrons. The number of rotatable bonds is 9. The fraction of sp³-hybridized carbons (Fsp3) is 0.600. The Hall–Kier alpha value is -1.46. The molecule has 1 atom stereocenters. The first-order valence-corrected chi connectivity index (χ1v) is 15.4. The van der Waals surface area contributed by atoms with Gasteiger partial charge >= 0.3 is 0 Å². The van der Waals surface area contributed by atoms with Crippen LogP contribution in [0.1, 0.15) is 72.1 Å². The molecule has 0 aromatic heterocycles. The van der Waals surface area contributed by atoms with Crippen LogP contribution in [0.25, 0.3) is 0 Å². The van der Waals surface area contributed by atoms with Crippen LogP contribution in [0, 0.1) is 11.8 Å². The standard InChI is InChI=1S/C30H44O3Si/c1-30(2,3)34(27-12-6-4-7-13-27,28-14-8-5-9-15-28)33-24-26-19-17-25(18-20-26)21-23-32-29-16-10-11-22-31-29/h4-9,12-15,25-26,29H,10-11,16-24H2,1-3H3. The highest BCUT2D eigenvalue weighted by atomic mass is 28.4. The van der Waals surface area contributed by atoms with Crippen LogP contribution in [-0.4, -0.2) is 34.4 Å². The summed E-state index contributed by atoms with van der Waals surface area (Å²) in [7, 11) is -2.42. The van der Waals surface area contributed by atoms with Crippen molar-refractivity contribution in [1.29, 1.82) is 0 Å². The first-order chi connectivity index (χ1) is 16.5. The molecule has 0 N–H and O–H groups in total. The number of benzene rings is 2. The van der Waals surface area contributed by atoms with E-state index in [2.05, 4.69) is 81.4 Å². The van der Waals surface area contributed by atoms with Crippen molar-refractivity contribution in [3.05, 3.63) is 60.7 Å². The lowest BCUT2D eigenvalue weighted by molar-refractivity contribution is -0.164. The monoisotopic (exact) mass is 480 g/mol. The summed E-state index contributed by atoms with van der Waals surface area (Å²) in [4.78, 5) is 0. The van der Waals surface area contributed by atoms with E-state index in [9.17, 15) is 0 Å². The van der Waals surface area contributed by atoms with Crippen molar-refractivity contribution in [1.82, 2.24) is 0 Å². The fourth-order valence-electron chi connectivity index (χ4n) is 5.90. The Labute approximate surface area is 208 Å². The average molecular weight is 481 g/mol. The Morgan fingerprint density at radius 1 is 0.794 bits per heavy atom. The van der Waals surface area contributed by atoms with Crippen molar-refractivity contribution in [2.75, 3.05) is 19.8 Å². The Morgan fingerprint density at radius 3 is 1.91 bits per heavy atom. The predicted molar refractivity (Wildman–Crippen MR) is 143 cm³/mol. The lowest BCUT2D eigenvalue weighted by Crippen LogP contribution is -2.66. The van der Waals surface area contributed by atoms with E-state index in [1.54, 1.807) is 0 Å². The largest absolute Gasteiger partial charge is 0.407 e. The molecule has 0 bridgehead atoms. The van der Waals surface area contributed by atoms with E-state index in [1.807, 2.05) is 0 Å². The Balaban J connectivity index is 1.36. The van der Waals surface area contributed by atoms with Gasteiger partial charge in [0.15, 0.2) is 6.29 Å². The van der Waals surface area contributed by atoms with Gasteiger partial charge in [0, 0.05) is 19.8 Å².